The first kappa shape index (κ1) is 20.0. The molecule has 0 bridgehead atoms. The Bertz CT molecular complexity index is 984. The predicted molar refractivity (Wildman–Crippen MR) is 122 cm³/mol. The maximum Gasteiger partial charge on any atom is 0.162 e. The molecule has 0 saturated carbocycles. The Morgan fingerprint density at radius 1 is 1.00 bits per heavy atom. The molecule has 0 amide bonds. The number of phenols is 1. The Hall–Kier alpha value is -3.27. The van der Waals surface area contributed by atoms with Crippen molar-refractivity contribution in [3.8, 4) is 22.6 Å². The van der Waals surface area contributed by atoms with Crippen LogP contribution in [0.25, 0.3) is 11.1 Å². The molecule has 1 heterocycles. The topological polar surface area (TPSA) is 45.1 Å². The van der Waals surface area contributed by atoms with Crippen molar-refractivity contribution in [3.05, 3.63) is 83.9 Å². The molecule has 0 aromatic heterocycles. The van der Waals surface area contributed by atoms with Crippen LogP contribution in [0, 0.1) is 0 Å². The molecule has 1 N–H and O–H groups in total. The molecule has 30 heavy (non-hydrogen) atoms. The van der Waals surface area contributed by atoms with E-state index in [2.05, 4.69) is 41.1 Å². The second kappa shape index (κ2) is 9.49. The number of ether oxygens (including phenoxy) is 1. The Morgan fingerprint density at radius 2 is 1.77 bits per heavy atom. The summed E-state index contributed by atoms with van der Waals surface area (Å²) in [5, 5.41) is 10.2. The van der Waals surface area contributed by atoms with Gasteiger partial charge in [-0.1, -0.05) is 67.6 Å². The molecular formula is C26H28N2O2. The van der Waals surface area contributed by atoms with Crippen molar-refractivity contribution in [2.75, 3.05) is 19.6 Å². The van der Waals surface area contributed by atoms with E-state index in [1.54, 1.807) is 6.07 Å². The Morgan fingerprint density at radius 3 is 2.47 bits per heavy atom. The normalized spacial score (nSPS) is 14.1. The maximum absolute atomic E-state index is 10.2. The maximum atomic E-state index is 10.2. The van der Waals surface area contributed by atoms with E-state index in [0.29, 0.717) is 18.3 Å². The molecule has 0 fully saturated rings. The zero-order chi connectivity index (χ0) is 20.8. The average molecular weight is 401 g/mol. The number of phenolic OH excluding ortho intramolecular Hbond substituents is 1. The number of hydrogen-bond donors (Lipinski definition) is 1. The minimum Gasteiger partial charge on any atom is -0.504 e. The van der Waals surface area contributed by atoms with Crippen LogP contribution in [0.2, 0.25) is 0 Å². The van der Waals surface area contributed by atoms with E-state index >= 15 is 0 Å². The molecule has 1 aliphatic heterocycles. The van der Waals surface area contributed by atoms with E-state index in [1.165, 1.54) is 5.56 Å². The SMILES string of the molecule is CCC(CN1C=NCC1)c1ccc(-c2ccc(O)c(OCc3ccccc3)c2)cc1. The third-order valence-corrected chi connectivity index (χ3v) is 5.62. The van der Waals surface area contributed by atoms with E-state index in [4.69, 9.17) is 4.74 Å². The lowest BCUT2D eigenvalue weighted by Crippen LogP contribution is -2.25. The first-order valence-corrected chi connectivity index (χ1v) is 10.6. The van der Waals surface area contributed by atoms with Crippen molar-refractivity contribution in [3.63, 3.8) is 0 Å². The summed E-state index contributed by atoms with van der Waals surface area (Å²) < 4.78 is 5.87. The predicted octanol–water partition coefficient (Wildman–Crippen LogP) is 5.48. The van der Waals surface area contributed by atoms with Gasteiger partial charge in [-0.2, -0.15) is 0 Å². The second-order valence-electron chi connectivity index (χ2n) is 7.70. The van der Waals surface area contributed by atoms with Crippen LogP contribution in [0.4, 0.5) is 0 Å². The van der Waals surface area contributed by atoms with E-state index in [0.717, 1.165) is 42.7 Å². The van der Waals surface area contributed by atoms with Crippen LogP contribution in [-0.2, 0) is 6.61 Å². The average Bonchev–Trinajstić information content (AvgIpc) is 3.31. The largest absolute Gasteiger partial charge is 0.504 e. The van der Waals surface area contributed by atoms with Crippen molar-refractivity contribution in [2.24, 2.45) is 4.99 Å². The molecule has 1 atom stereocenters. The molecular weight excluding hydrogens is 372 g/mol. The fraction of sp³-hybridized carbons (Fsp3) is 0.269. The summed E-state index contributed by atoms with van der Waals surface area (Å²) >= 11 is 0. The van der Waals surface area contributed by atoms with Crippen LogP contribution in [0.15, 0.2) is 77.8 Å². The van der Waals surface area contributed by atoms with Gasteiger partial charge >= 0.3 is 0 Å². The van der Waals surface area contributed by atoms with Gasteiger partial charge in [0, 0.05) is 19.0 Å². The Balaban J connectivity index is 1.47. The van der Waals surface area contributed by atoms with Crippen molar-refractivity contribution >= 4 is 6.34 Å². The number of rotatable bonds is 8. The third kappa shape index (κ3) is 4.82. The van der Waals surface area contributed by atoms with Gasteiger partial charge in [0.15, 0.2) is 11.5 Å². The summed E-state index contributed by atoms with van der Waals surface area (Å²) in [5.74, 6) is 1.15. The Labute approximate surface area is 178 Å². The minimum atomic E-state index is 0.157. The van der Waals surface area contributed by atoms with Crippen LogP contribution < -0.4 is 4.74 Å². The standard InChI is InChI=1S/C26H28N2O2/c1-2-21(17-28-15-14-27-19-28)22-8-10-23(11-9-22)24-12-13-25(29)26(16-24)30-18-20-6-4-3-5-7-20/h3-13,16,19,21,29H,2,14-15,17-18H2,1H3. The van der Waals surface area contributed by atoms with Crippen molar-refractivity contribution < 1.29 is 9.84 Å². The van der Waals surface area contributed by atoms with Crippen LogP contribution in [-0.4, -0.2) is 36.0 Å². The lowest BCUT2D eigenvalue weighted by Gasteiger charge is -2.22. The lowest BCUT2D eigenvalue weighted by atomic mass is 9.93. The first-order chi connectivity index (χ1) is 14.7. The number of hydrogen-bond acceptors (Lipinski definition) is 4. The van der Waals surface area contributed by atoms with Crippen molar-refractivity contribution in [1.29, 1.82) is 0 Å². The molecule has 0 saturated heterocycles. The molecule has 4 heteroatoms. The Kier molecular flexibility index (Phi) is 6.33. The van der Waals surface area contributed by atoms with Crippen LogP contribution >= 0.6 is 0 Å². The van der Waals surface area contributed by atoms with Gasteiger partial charge in [0.05, 0.1) is 12.9 Å². The fourth-order valence-corrected chi connectivity index (χ4v) is 3.80. The van der Waals surface area contributed by atoms with Gasteiger partial charge in [0.2, 0.25) is 0 Å². The number of benzene rings is 3. The zero-order valence-corrected chi connectivity index (χ0v) is 17.4. The van der Waals surface area contributed by atoms with Crippen LogP contribution in [0.3, 0.4) is 0 Å². The summed E-state index contributed by atoms with van der Waals surface area (Å²) in [6.45, 7) is 5.60. The quantitative estimate of drug-likeness (QED) is 0.545. The highest BCUT2D eigenvalue weighted by molar-refractivity contribution is 5.67. The third-order valence-electron chi connectivity index (χ3n) is 5.62. The lowest BCUT2D eigenvalue weighted by molar-refractivity contribution is 0.289. The summed E-state index contributed by atoms with van der Waals surface area (Å²) in [4.78, 5) is 6.62. The second-order valence-corrected chi connectivity index (χ2v) is 7.70. The van der Waals surface area contributed by atoms with Crippen LogP contribution in [0.5, 0.6) is 11.5 Å². The first-order valence-electron chi connectivity index (χ1n) is 10.6. The monoisotopic (exact) mass is 400 g/mol. The molecule has 3 aromatic rings. The summed E-state index contributed by atoms with van der Waals surface area (Å²) in [6, 6.07) is 24.2. The molecule has 0 radical (unpaired) electrons. The van der Waals surface area contributed by atoms with Gasteiger partial charge in [-0.15, -0.1) is 0 Å². The van der Waals surface area contributed by atoms with Gasteiger partial charge in [-0.3, -0.25) is 4.99 Å². The molecule has 0 aliphatic carbocycles. The molecule has 154 valence electrons. The summed E-state index contributed by atoms with van der Waals surface area (Å²) in [6.07, 6.45) is 3.07. The van der Waals surface area contributed by atoms with E-state index in [9.17, 15) is 5.11 Å². The highest BCUT2D eigenvalue weighted by Crippen LogP contribution is 2.33. The molecule has 1 unspecified atom stereocenters. The van der Waals surface area contributed by atoms with Gasteiger partial charge < -0.3 is 14.7 Å². The molecule has 4 rings (SSSR count). The minimum absolute atomic E-state index is 0.157. The fourth-order valence-electron chi connectivity index (χ4n) is 3.80. The molecule has 1 aliphatic rings. The van der Waals surface area contributed by atoms with Gasteiger partial charge in [-0.05, 0) is 40.8 Å². The van der Waals surface area contributed by atoms with Crippen molar-refractivity contribution in [2.45, 2.75) is 25.9 Å². The van der Waals surface area contributed by atoms with E-state index in [1.807, 2.05) is 48.8 Å². The van der Waals surface area contributed by atoms with Gasteiger partial charge in [-0.25, -0.2) is 0 Å². The molecule has 4 nitrogen and oxygen atoms in total. The molecule has 0 spiro atoms. The van der Waals surface area contributed by atoms with E-state index < -0.39 is 0 Å². The number of aliphatic imine (C=N–C) groups is 1. The summed E-state index contributed by atoms with van der Waals surface area (Å²) in [5.41, 5.74) is 4.56. The van der Waals surface area contributed by atoms with E-state index in [-0.39, 0.29) is 5.75 Å². The van der Waals surface area contributed by atoms with Gasteiger partial charge in [0.25, 0.3) is 0 Å². The summed E-state index contributed by atoms with van der Waals surface area (Å²) in [7, 11) is 0. The molecule has 3 aromatic carbocycles. The smallest absolute Gasteiger partial charge is 0.162 e. The number of nitrogens with zero attached hydrogens (tertiary/aromatic N) is 2. The van der Waals surface area contributed by atoms with Gasteiger partial charge in [0.1, 0.15) is 6.61 Å². The zero-order valence-electron chi connectivity index (χ0n) is 17.4. The van der Waals surface area contributed by atoms with Crippen LogP contribution in [0.1, 0.15) is 30.4 Å². The van der Waals surface area contributed by atoms with Crippen molar-refractivity contribution in [1.82, 2.24) is 4.90 Å². The highest BCUT2D eigenvalue weighted by Gasteiger charge is 2.15. The number of aromatic hydroxyl groups is 1. The highest BCUT2D eigenvalue weighted by atomic mass is 16.5.